The standard InChI is InChI=1S/C14H18F3N3O3/c1-20(7-8-3-2-4-11(8)21)13(23)19-10-5-9(14(15,16)17)6-18-12(10)22/h5-6,8,11,21H,2-4,7H2,1H3,(H,18,22)(H,19,23). The van der Waals surface area contributed by atoms with Gasteiger partial charge in [-0.15, -0.1) is 0 Å². The molecule has 0 aliphatic heterocycles. The molecule has 2 rings (SSSR count). The van der Waals surface area contributed by atoms with E-state index in [2.05, 4.69) is 5.32 Å². The molecule has 0 bridgehead atoms. The number of hydrogen-bond donors (Lipinski definition) is 3. The second-order valence-corrected chi connectivity index (χ2v) is 5.70. The first-order chi connectivity index (χ1) is 10.7. The van der Waals surface area contributed by atoms with Crippen molar-refractivity contribution in [1.29, 1.82) is 0 Å². The molecule has 6 nitrogen and oxygen atoms in total. The van der Waals surface area contributed by atoms with Crippen molar-refractivity contribution in [2.24, 2.45) is 5.92 Å². The fraction of sp³-hybridized carbons (Fsp3) is 0.571. The molecule has 0 radical (unpaired) electrons. The Morgan fingerprint density at radius 3 is 2.74 bits per heavy atom. The number of rotatable bonds is 3. The lowest BCUT2D eigenvalue weighted by Crippen LogP contribution is -2.38. The van der Waals surface area contributed by atoms with E-state index in [0.717, 1.165) is 12.8 Å². The molecule has 1 fully saturated rings. The lowest BCUT2D eigenvalue weighted by molar-refractivity contribution is -0.137. The van der Waals surface area contributed by atoms with E-state index in [9.17, 15) is 27.9 Å². The molecule has 0 aromatic carbocycles. The second-order valence-electron chi connectivity index (χ2n) is 5.70. The molecular weight excluding hydrogens is 315 g/mol. The molecule has 1 saturated carbocycles. The quantitative estimate of drug-likeness (QED) is 0.791. The van der Waals surface area contributed by atoms with E-state index in [1.807, 2.05) is 4.98 Å². The van der Waals surface area contributed by atoms with E-state index in [1.54, 1.807) is 0 Å². The highest BCUT2D eigenvalue weighted by molar-refractivity contribution is 5.89. The van der Waals surface area contributed by atoms with Gasteiger partial charge in [-0.3, -0.25) is 4.79 Å². The van der Waals surface area contributed by atoms with E-state index in [1.165, 1.54) is 11.9 Å². The lowest BCUT2D eigenvalue weighted by Gasteiger charge is -2.23. The van der Waals surface area contributed by atoms with Crippen molar-refractivity contribution in [2.45, 2.75) is 31.5 Å². The van der Waals surface area contributed by atoms with Crippen molar-refractivity contribution in [3.05, 3.63) is 28.2 Å². The van der Waals surface area contributed by atoms with Crippen molar-refractivity contribution >= 4 is 11.7 Å². The number of alkyl halides is 3. The van der Waals surface area contributed by atoms with Crippen molar-refractivity contribution in [2.75, 3.05) is 18.9 Å². The molecule has 23 heavy (non-hydrogen) atoms. The Morgan fingerprint density at radius 2 is 2.17 bits per heavy atom. The van der Waals surface area contributed by atoms with Gasteiger partial charge in [-0.1, -0.05) is 6.42 Å². The van der Waals surface area contributed by atoms with Crippen molar-refractivity contribution in [3.63, 3.8) is 0 Å². The average molecular weight is 333 g/mol. The number of aromatic nitrogens is 1. The number of halogens is 3. The number of aromatic amines is 1. The highest BCUT2D eigenvalue weighted by Crippen LogP contribution is 2.29. The van der Waals surface area contributed by atoms with Crippen LogP contribution < -0.4 is 10.9 Å². The SMILES string of the molecule is CN(CC1CCCC1O)C(=O)Nc1cc(C(F)(F)F)c[nH]c1=O. The van der Waals surface area contributed by atoms with Gasteiger partial charge in [0, 0.05) is 25.7 Å². The van der Waals surface area contributed by atoms with Gasteiger partial charge in [0.15, 0.2) is 0 Å². The van der Waals surface area contributed by atoms with Crippen LogP contribution in [0.3, 0.4) is 0 Å². The summed E-state index contributed by atoms with van der Waals surface area (Å²) in [7, 11) is 1.46. The number of hydrogen-bond acceptors (Lipinski definition) is 3. The van der Waals surface area contributed by atoms with Gasteiger partial charge >= 0.3 is 12.2 Å². The number of H-pyrrole nitrogens is 1. The maximum atomic E-state index is 12.6. The molecule has 1 aromatic heterocycles. The Bertz CT molecular complexity index is 630. The number of carbonyl (C=O) groups excluding carboxylic acids is 1. The number of nitrogens with one attached hydrogen (secondary N) is 2. The molecule has 9 heteroatoms. The molecule has 128 valence electrons. The molecule has 0 saturated heterocycles. The third kappa shape index (κ3) is 4.25. The molecule has 3 N–H and O–H groups in total. The predicted molar refractivity (Wildman–Crippen MR) is 77.1 cm³/mol. The normalized spacial score (nSPS) is 21.3. The first-order valence-electron chi connectivity index (χ1n) is 7.18. The molecule has 1 heterocycles. The van der Waals surface area contributed by atoms with Crippen LogP contribution >= 0.6 is 0 Å². The Balaban J connectivity index is 2.06. The molecule has 1 aliphatic rings. The minimum absolute atomic E-state index is 0.0643. The molecule has 2 atom stereocenters. The fourth-order valence-electron chi connectivity index (χ4n) is 2.62. The number of aliphatic hydroxyl groups excluding tert-OH is 1. The first-order valence-corrected chi connectivity index (χ1v) is 7.18. The van der Waals surface area contributed by atoms with E-state index >= 15 is 0 Å². The Kier molecular flexibility index (Phi) is 4.98. The van der Waals surface area contributed by atoms with E-state index in [0.29, 0.717) is 18.7 Å². The summed E-state index contributed by atoms with van der Waals surface area (Å²) in [6, 6.07) is -0.108. The minimum atomic E-state index is -4.62. The number of nitrogens with zero attached hydrogens (tertiary/aromatic N) is 1. The third-order valence-corrected chi connectivity index (χ3v) is 3.95. The monoisotopic (exact) mass is 333 g/mol. The summed E-state index contributed by atoms with van der Waals surface area (Å²) in [4.78, 5) is 26.8. The minimum Gasteiger partial charge on any atom is -0.393 e. The number of anilines is 1. The third-order valence-electron chi connectivity index (χ3n) is 3.95. The van der Waals surface area contributed by atoms with Crippen LogP contribution in [0.5, 0.6) is 0 Å². The predicted octanol–water partition coefficient (Wildman–Crippen LogP) is 2.02. The summed E-state index contributed by atoms with van der Waals surface area (Å²) in [5, 5.41) is 11.9. The maximum absolute atomic E-state index is 12.6. The zero-order chi connectivity index (χ0) is 17.2. The van der Waals surface area contributed by atoms with Crippen LogP contribution in [0.1, 0.15) is 24.8 Å². The van der Waals surface area contributed by atoms with Gasteiger partial charge in [0.2, 0.25) is 0 Å². The molecular formula is C14H18F3N3O3. The Morgan fingerprint density at radius 1 is 1.48 bits per heavy atom. The number of pyridine rings is 1. The van der Waals surface area contributed by atoms with Crippen LogP contribution in [0.25, 0.3) is 0 Å². The number of carbonyl (C=O) groups is 1. The van der Waals surface area contributed by atoms with Crippen LogP contribution in [-0.2, 0) is 6.18 Å². The lowest BCUT2D eigenvalue weighted by atomic mass is 10.1. The number of aliphatic hydroxyl groups is 1. The van der Waals surface area contributed by atoms with Crippen LogP contribution in [0.4, 0.5) is 23.7 Å². The zero-order valence-electron chi connectivity index (χ0n) is 12.5. The molecule has 2 amide bonds. The molecule has 2 unspecified atom stereocenters. The summed E-state index contributed by atoms with van der Waals surface area (Å²) in [5.74, 6) is -0.0643. The molecule has 1 aliphatic carbocycles. The summed E-state index contributed by atoms with van der Waals surface area (Å²) in [6.07, 6.45) is -2.23. The van der Waals surface area contributed by atoms with Gasteiger partial charge in [0.25, 0.3) is 5.56 Å². The smallest absolute Gasteiger partial charge is 0.393 e. The van der Waals surface area contributed by atoms with Gasteiger partial charge in [-0.25, -0.2) is 4.79 Å². The number of amides is 2. The van der Waals surface area contributed by atoms with E-state index < -0.39 is 35.1 Å². The van der Waals surface area contributed by atoms with Crippen LogP contribution in [0.2, 0.25) is 0 Å². The fourth-order valence-corrected chi connectivity index (χ4v) is 2.62. The average Bonchev–Trinajstić information content (AvgIpc) is 2.85. The van der Waals surface area contributed by atoms with Crippen molar-refractivity contribution in [3.8, 4) is 0 Å². The maximum Gasteiger partial charge on any atom is 0.417 e. The summed E-state index contributed by atoms with van der Waals surface area (Å²) < 4.78 is 37.9. The largest absolute Gasteiger partial charge is 0.417 e. The van der Waals surface area contributed by atoms with E-state index in [-0.39, 0.29) is 12.5 Å². The Labute approximate surface area is 130 Å². The molecule has 0 spiro atoms. The van der Waals surface area contributed by atoms with Crippen LogP contribution in [-0.4, -0.2) is 40.7 Å². The first kappa shape index (κ1) is 17.3. The topological polar surface area (TPSA) is 85.4 Å². The highest BCUT2D eigenvalue weighted by Gasteiger charge is 2.32. The van der Waals surface area contributed by atoms with Gasteiger partial charge < -0.3 is 20.3 Å². The highest BCUT2D eigenvalue weighted by atomic mass is 19.4. The van der Waals surface area contributed by atoms with Gasteiger partial charge in [-0.05, 0) is 18.9 Å². The van der Waals surface area contributed by atoms with E-state index in [4.69, 9.17) is 0 Å². The second kappa shape index (κ2) is 6.61. The van der Waals surface area contributed by atoms with Crippen molar-refractivity contribution in [1.82, 2.24) is 9.88 Å². The summed E-state index contributed by atoms with van der Waals surface area (Å²) >= 11 is 0. The summed E-state index contributed by atoms with van der Waals surface area (Å²) in [6.45, 7) is 0.268. The number of urea groups is 1. The van der Waals surface area contributed by atoms with Crippen LogP contribution in [0.15, 0.2) is 17.1 Å². The van der Waals surface area contributed by atoms with Gasteiger partial charge in [0.05, 0.1) is 11.7 Å². The Hall–Kier alpha value is -2.03. The zero-order valence-corrected chi connectivity index (χ0v) is 12.5. The van der Waals surface area contributed by atoms with Gasteiger partial charge in [-0.2, -0.15) is 13.2 Å². The van der Waals surface area contributed by atoms with Gasteiger partial charge in [0.1, 0.15) is 5.69 Å². The summed E-state index contributed by atoms with van der Waals surface area (Å²) in [5.41, 5.74) is -2.34. The van der Waals surface area contributed by atoms with Crippen LogP contribution in [0, 0.1) is 5.92 Å². The van der Waals surface area contributed by atoms with Crippen molar-refractivity contribution < 1.29 is 23.1 Å². The molecule has 1 aromatic rings.